The monoisotopic (exact) mass is 189 g/mol. The van der Waals surface area contributed by atoms with Gasteiger partial charge in [-0.1, -0.05) is 32.0 Å². The van der Waals surface area contributed by atoms with Crippen molar-refractivity contribution in [3.05, 3.63) is 29.8 Å². The average Bonchev–Trinajstić information content (AvgIpc) is 2.51. The van der Waals surface area contributed by atoms with Gasteiger partial charge in [-0.2, -0.15) is 0 Å². The SMILES string of the molecule is CCC1c2ccccc2N(C)C1CC. The van der Waals surface area contributed by atoms with Crippen LogP contribution in [-0.2, 0) is 0 Å². The molecule has 14 heavy (non-hydrogen) atoms. The molecule has 76 valence electrons. The molecule has 1 heterocycles. The summed E-state index contributed by atoms with van der Waals surface area (Å²) in [6.07, 6.45) is 2.49. The third-order valence-electron chi connectivity index (χ3n) is 3.54. The molecule has 0 saturated heterocycles. The Labute approximate surface area is 86.7 Å². The van der Waals surface area contributed by atoms with Gasteiger partial charge in [0.25, 0.3) is 0 Å². The number of fused-ring (bicyclic) bond motifs is 1. The quantitative estimate of drug-likeness (QED) is 0.689. The Bertz CT molecular complexity index is 319. The second-order valence-corrected chi connectivity index (χ2v) is 4.16. The number of para-hydroxylation sites is 1. The topological polar surface area (TPSA) is 3.24 Å². The molecule has 0 bridgehead atoms. The van der Waals surface area contributed by atoms with E-state index in [1.165, 1.54) is 18.5 Å². The van der Waals surface area contributed by atoms with E-state index in [-0.39, 0.29) is 0 Å². The van der Waals surface area contributed by atoms with Crippen molar-refractivity contribution in [2.24, 2.45) is 0 Å². The fraction of sp³-hybridized carbons (Fsp3) is 0.538. The lowest BCUT2D eigenvalue weighted by Crippen LogP contribution is -2.29. The van der Waals surface area contributed by atoms with Crippen LogP contribution in [0.25, 0.3) is 0 Å². The fourth-order valence-electron chi connectivity index (χ4n) is 2.83. The lowest BCUT2D eigenvalue weighted by molar-refractivity contribution is 0.518. The molecule has 0 aromatic heterocycles. The van der Waals surface area contributed by atoms with Crippen LogP contribution in [0.5, 0.6) is 0 Å². The van der Waals surface area contributed by atoms with Crippen LogP contribution in [0.3, 0.4) is 0 Å². The van der Waals surface area contributed by atoms with Crippen LogP contribution in [0.15, 0.2) is 24.3 Å². The summed E-state index contributed by atoms with van der Waals surface area (Å²) in [7, 11) is 2.22. The van der Waals surface area contributed by atoms with E-state index in [2.05, 4.69) is 50.1 Å². The average molecular weight is 189 g/mol. The normalized spacial score (nSPS) is 25.2. The summed E-state index contributed by atoms with van der Waals surface area (Å²) in [4.78, 5) is 2.45. The molecule has 2 unspecified atom stereocenters. The van der Waals surface area contributed by atoms with Crippen LogP contribution in [0, 0.1) is 0 Å². The van der Waals surface area contributed by atoms with Crippen molar-refractivity contribution < 1.29 is 0 Å². The van der Waals surface area contributed by atoms with E-state index in [1.54, 1.807) is 5.56 Å². The molecule has 1 aliphatic rings. The maximum absolute atomic E-state index is 2.45. The highest BCUT2D eigenvalue weighted by atomic mass is 15.2. The number of hydrogen-bond acceptors (Lipinski definition) is 1. The number of benzene rings is 1. The number of nitrogens with zero attached hydrogens (tertiary/aromatic N) is 1. The molecule has 0 spiro atoms. The Kier molecular flexibility index (Phi) is 2.49. The van der Waals surface area contributed by atoms with Crippen molar-refractivity contribution >= 4 is 5.69 Å². The van der Waals surface area contributed by atoms with Crippen molar-refractivity contribution in [2.75, 3.05) is 11.9 Å². The number of hydrogen-bond donors (Lipinski definition) is 0. The van der Waals surface area contributed by atoms with E-state index in [0.717, 1.165) is 5.92 Å². The molecular weight excluding hydrogens is 170 g/mol. The molecule has 1 aliphatic heterocycles. The minimum atomic E-state index is 0.706. The fourth-order valence-corrected chi connectivity index (χ4v) is 2.83. The third-order valence-corrected chi connectivity index (χ3v) is 3.54. The minimum absolute atomic E-state index is 0.706. The maximum Gasteiger partial charge on any atom is 0.0402 e. The summed E-state index contributed by atoms with van der Waals surface area (Å²) in [6, 6.07) is 9.54. The third kappa shape index (κ3) is 1.23. The molecule has 1 nitrogen and oxygen atoms in total. The van der Waals surface area contributed by atoms with Gasteiger partial charge in [-0.25, -0.2) is 0 Å². The summed E-state index contributed by atoms with van der Waals surface area (Å²) in [6.45, 7) is 4.58. The van der Waals surface area contributed by atoms with Crippen LogP contribution in [-0.4, -0.2) is 13.1 Å². The van der Waals surface area contributed by atoms with Crippen LogP contribution >= 0.6 is 0 Å². The Hall–Kier alpha value is -0.980. The molecule has 1 aromatic carbocycles. The van der Waals surface area contributed by atoms with E-state index in [4.69, 9.17) is 0 Å². The molecule has 2 atom stereocenters. The second kappa shape index (κ2) is 3.64. The lowest BCUT2D eigenvalue weighted by Gasteiger charge is -2.25. The number of anilines is 1. The molecule has 0 amide bonds. The predicted molar refractivity (Wildman–Crippen MR) is 62.0 cm³/mol. The molecule has 0 N–H and O–H groups in total. The predicted octanol–water partition coefficient (Wildman–Crippen LogP) is 3.41. The molecule has 0 aliphatic carbocycles. The van der Waals surface area contributed by atoms with Crippen molar-refractivity contribution in [3.8, 4) is 0 Å². The van der Waals surface area contributed by atoms with E-state index in [9.17, 15) is 0 Å². The Morgan fingerprint density at radius 3 is 2.50 bits per heavy atom. The van der Waals surface area contributed by atoms with Gasteiger partial charge >= 0.3 is 0 Å². The Balaban J connectivity index is 2.43. The molecule has 1 aromatic rings. The van der Waals surface area contributed by atoms with Crippen molar-refractivity contribution in [1.82, 2.24) is 0 Å². The van der Waals surface area contributed by atoms with Gasteiger partial charge < -0.3 is 4.90 Å². The molecule has 0 fully saturated rings. The molecule has 1 heteroatoms. The van der Waals surface area contributed by atoms with Crippen LogP contribution in [0.1, 0.15) is 38.2 Å². The van der Waals surface area contributed by atoms with Gasteiger partial charge in [0.1, 0.15) is 0 Å². The van der Waals surface area contributed by atoms with Crippen molar-refractivity contribution in [1.29, 1.82) is 0 Å². The van der Waals surface area contributed by atoms with Gasteiger partial charge in [0.2, 0.25) is 0 Å². The van der Waals surface area contributed by atoms with Crippen molar-refractivity contribution in [2.45, 2.75) is 38.6 Å². The molecule has 2 rings (SSSR count). The molecule has 0 saturated carbocycles. The van der Waals surface area contributed by atoms with E-state index in [0.29, 0.717) is 6.04 Å². The first kappa shape index (κ1) is 9.57. The minimum Gasteiger partial charge on any atom is -0.371 e. The lowest BCUT2D eigenvalue weighted by atomic mass is 9.91. The highest BCUT2D eigenvalue weighted by molar-refractivity contribution is 5.61. The number of rotatable bonds is 2. The summed E-state index contributed by atoms with van der Waals surface area (Å²) in [5.41, 5.74) is 2.98. The smallest absolute Gasteiger partial charge is 0.0402 e. The highest BCUT2D eigenvalue weighted by Gasteiger charge is 2.33. The van der Waals surface area contributed by atoms with Gasteiger partial charge in [-0.05, 0) is 24.5 Å². The Morgan fingerprint density at radius 2 is 1.86 bits per heavy atom. The summed E-state index contributed by atoms with van der Waals surface area (Å²) >= 11 is 0. The van der Waals surface area contributed by atoms with Gasteiger partial charge in [-0.3, -0.25) is 0 Å². The van der Waals surface area contributed by atoms with Crippen LogP contribution in [0.2, 0.25) is 0 Å². The zero-order valence-corrected chi connectivity index (χ0v) is 9.33. The largest absolute Gasteiger partial charge is 0.371 e. The zero-order chi connectivity index (χ0) is 10.1. The number of likely N-dealkylation sites (N-methyl/N-ethyl adjacent to an activating group) is 1. The van der Waals surface area contributed by atoms with E-state index >= 15 is 0 Å². The molecular formula is C13H19N. The summed E-state index contributed by atoms with van der Waals surface area (Å²) in [5, 5.41) is 0. The summed E-state index contributed by atoms with van der Waals surface area (Å²) < 4.78 is 0. The standard InChI is InChI=1S/C13H19N/c1-4-10-11-8-6-7-9-13(11)14(3)12(10)5-2/h6-10,12H,4-5H2,1-3H3. The van der Waals surface area contributed by atoms with E-state index in [1.807, 2.05) is 0 Å². The second-order valence-electron chi connectivity index (χ2n) is 4.16. The highest BCUT2D eigenvalue weighted by Crippen LogP contribution is 2.42. The van der Waals surface area contributed by atoms with Gasteiger partial charge in [0.15, 0.2) is 0 Å². The first-order valence-corrected chi connectivity index (χ1v) is 5.61. The van der Waals surface area contributed by atoms with Crippen LogP contribution < -0.4 is 4.90 Å². The van der Waals surface area contributed by atoms with Crippen molar-refractivity contribution in [3.63, 3.8) is 0 Å². The van der Waals surface area contributed by atoms with Gasteiger partial charge in [0.05, 0.1) is 0 Å². The van der Waals surface area contributed by atoms with Gasteiger partial charge in [-0.15, -0.1) is 0 Å². The summed E-state index contributed by atoms with van der Waals surface area (Å²) in [5.74, 6) is 0.737. The maximum atomic E-state index is 2.45. The zero-order valence-electron chi connectivity index (χ0n) is 9.33. The first-order chi connectivity index (χ1) is 6.79. The first-order valence-electron chi connectivity index (χ1n) is 5.61. The van der Waals surface area contributed by atoms with Crippen LogP contribution in [0.4, 0.5) is 5.69 Å². The van der Waals surface area contributed by atoms with Gasteiger partial charge in [0, 0.05) is 24.7 Å². The Morgan fingerprint density at radius 1 is 1.14 bits per heavy atom. The molecule has 0 radical (unpaired) electrons. The van der Waals surface area contributed by atoms with E-state index < -0.39 is 0 Å².